The first-order valence-electron chi connectivity index (χ1n) is 9.46. The van der Waals surface area contributed by atoms with Crippen molar-refractivity contribution in [2.24, 2.45) is 0 Å². The zero-order valence-corrected chi connectivity index (χ0v) is 16.8. The van der Waals surface area contributed by atoms with E-state index in [1.165, 1.54) is 18.4 Å². The minimum atomic E-state index is -0.420. The minimum absolute atomic E-state index is 0.166. The van der Waals surface area contributed by atoms with Crippen LogP contribution >= 0.6 is 11.3 Å². The number of para-hydroxylation sites is 1. The normalized spacial score (nSPS) is 12.9. The van der Waals surface area contributed by atoms with Gasteiger partial charge in [-0.05, 0) is 55.5 Å². The molecule has 0 saturated carbocycles. The van der Waals surface area contributed by atoms with Crippen LogP contribution in [0, 0.1) is 0 Å². The SMILES string of the molecule is COC(=O)c1c(NC(=O)c2ccc(COc3ccccc3)o2)sc2c1CCCC2. The van der Waals surface area contributed by atoms with Gasteiger partial charge in [0.25, 0.3) is 5.91 Å². The smallest absolute Gasteiger partial charge is 0.341 e. The van der Waals surface area contributed by atoms with Gasteiger partial charge in [-0.15, -0.1) is 11.3 Å². The summed E-state index contributed by atoms with van der Waals surface area (Å²) in [6, 6.07) is 12.7. The van der Waals surface area contributed by atoms with Crippen molar-refractivity contribution in [1.29, 1.82) is 0 Å². The molecule has 0 atom stereocenters. The third-order valence-electron chi connectivity index (χ3n) is 4.80. The van der Waals surface area contributed by atoms with Gasteiger partial charge in [0.2, 0.25) is 0 Å². The van der Waals surface area contributed by atoms with E-state index in [-0.39, 0.29) is 12.4 Å². The fourth-order valence-corrected chi connectivity index (χ4v) is 4.66. The van der Waals surface area contributed by atoms with Gasteiger partial charge in [-0.1, -0.05) is 18.2 Å². The Morgan fingerprint density at radius 3 is 2.69 bits per heavy atom. The lowest BCUT2D eigenvalue weighted by Gasteiger charge is -2.11. The number of esters is 1. The maximum Gasteiger partial charge on any atom is 0.341 e. The Balaban J connectivity index is 1.48. The Morgan fingerprint density at radius 1 is 1.10 bits per heavy atom. The lowest BCUT2D eigenvalue weighted by molar-refractivity contribution is 0.0601. The summed E-state index contributed by atoms with van der Waals surface area (Å²) in [4.78, 5) is 26.1. The first-order chi connectivity index (χ1) is 14.2. The number of hydrogen-bond acceptors (Lipinski definition) is 6. The summed E-state index contributed by atoms with van der Waals surface area (Å²) in [7, 11) is 1.35. The summed E-state index contributed by atoms with van der Waals surface area (Å²) in [6.07, 6.45) is 3.87. The zero-order chi connectivity index (χ0) is 20.2. The van der Waals surface area contributed by atoms with Crippen molar-refractivity contribution in [1.82, 2.24) is 0 Å². The number of nitrogens with one attached hydrogen (secondary N) is 1. The van der Waals surface area contributed by atoms with Gasteiger partial charge >= 0.3 is 5.97 Å². The van der Waals surface area contributed by atoms with E-state index < -0.39 is 11.9 Å². The molecule has 0 aliphatic heterocycles. The van der Waals surface area contributed by atoms with Gasteiger partial charge in [-0.2, -0.15) is 0 Å². The molecule has 0 bridgehead atoms. The van der Waals surface area contributed by atoms with Crippen molar-refractivity contribution in [2.75, 3.05) is 12.4 Å². The molecule has 1 N–H and O–H groups in total. The molecule has 1 aromatic carbocycles. The molecule has 0 unspecified atom stereocenters. The molecule has 29 heavy (non-hydrogen) atoms. The van der Waals surface area contributed by atoms with Crippen LogP contribution in [0.15, 0.2) is 46.9 Å². The van der Waals surface area contributed by atoms with E-state index in [2.05, 4.69) is 5.32 Å². The maximum atomic E-state index is 12.7. The highest BCUT2D eigenvalue weighted by molar-refractivity contribution is 7.17. The van der Waals surface area contributed by atoms with Crippen molar-refractivity contribution in [3.8, 4) is 5.75 Å². The van der Waals surface area contributed by atoms with Crippen LogP contribution in [0.3, 0.4) is 0 Å². The topological polar surface area (TPSA) is 77.8 Å². The molecule has 150 valence electrons. The average molecular weight is 411 g/mol. The molecule has 0 radical (unpaired) electrons. The average Bonchev–Trinajstić information content (AvgIpc) is 3.37. The van der Waals surface area contributed by atoms with Gasteiger partial charge in [0.05, 0.1) is 12.7 Å². The molecule has 1 aliphatic rings. The second-order valence-electron chi connectivity index (χ2n) is 6.73. The number of hydrogen-bond donors (Lipinski definition) is 1. The van der Waals surface area contributed by atoms with E-state index in [9.17, 15) is 9.59 Å². The molecule has 4 rings (SSSR count). The summed E-state index contributed by atoms with van der Waals surface area (Å²) in [5.41, 5.74) is 1.47. The molecule has 1 amide bonds. The van der Waals surface area contributed by atoms with Crippen LogP contribution in [-0.2, 0) is 24.2 Å². The van der Waals surface area contributed by atoms with Crippen LogP contribution in [0.2, 0.25) is 0 Å². The lowest BCUT2D eigenvalue weighted by Crippen LogP contribution is -2.14. The van der Waals surface area contributed by atoms with Crippen molar-refractivity contribution in [2.45, 2.75) is 32.3 Å². The predicted octanol–water partition coefficient (Wildman–Crippen LogP) is 4.84. The lowest BCUT2D eigenvalue weighted by atomic mass is 9.95. The number of carbonyl (C=O) groups excluding carboxylic acids is 2. The van der Waals surface area contributed by atoms with E-state index in [1.807, 2.05) is 30.3 Å². The Morgan fingerprint density at radius 2 is 1.90 bits per heavy atom. The Bertz CT molecular complexity index is 1020. The molecule has 2 heterocycles. The predicted molar refractivity (Wildman–Crippen MR) is 110 cm³/mol. The fraction of sp³-hybridized carbons (Fsp3) is 0.273. The number of benzene rings is 1. The Kier molecular flexibility index (Phi) is 5.67. The van der Waals surface area contributed by atoms with Crippen LogP contribution in [0.5, 0.6) is 5.75 Å². The highest BCUT2D eigenvalue weighted by Crippen LogP contribution is 2.38. The summed E-state index contributed by atoms with van der Waals surface area (Å²) in [6.45, 7) is 0.220. The number of methoxy groups -OCH3 is 1. The molecule has 6 nitrogen and oxygen atoms in total. The van der Waals surface area contributed by atoms with Crippen molar-refractivity contribution in [3.63, 3.8) is 0 Å². The highest BCUT2D eigenvalue weighted by atomic mass is 32.1. The maximum absolute atomic E-state index is 12.7. The van der Waals surface area contributed by atoms with Crippen molar-refractivity contribution >= 4 is 28.2 Å². The van der Waals surface area contributed by atoms with Crippen molar-refractivity contribution < 1.29 is 23.5 Å². The van der Waals surface area contributed by atoms with E-state index in [1.54, 1.807) is 12.1 Å². The number of amides is 1. The molecule has 1 aliphatic carbocycles. The highest BCUT2D eigenvalue weighted by Gasteiger charge is 2.27. The fourth-order valence-electron chi connectivity index (χ4n) is 3.39. The molecule has 3 aromatic rings. The third kappa shape index (κ3) is 4.19. The van der Waals surface area contributed by atoms with Crippen LogP contribution in [0.1, 0.15) is 50.0 Å². The first kappa shape index (κ1) is 19.3. The number of aryl methyl sites for hydroxylation is 1. The number of anilines is 1. The summed E-state index contributed by atoms with van der Waals surface area (Å²) >= 11 is 1.44. The van der Waals surface area contributed by atoms with Gasteiger partial charge in [0.1, 0.15) is 23.1 Å². The van der Waals surface area contributed by atoms with E-state index in [0.717, 1.165) is 41.9 Å². The first-order valence-corrected chi connectivity index (χ1v) is 10.3. The van der Waals surface area contributed by atoms with Crippen LogP contribution in [0.25, 0.3) is 0 Å². The number of fused-ring (bicyclic) bond motifs is 1. The van der Waals surface area contributed by atoms with Gasteiger partial charge in [-0.3, -0.25) is 4.79 Å². The Hall–Kier alpha value is -3.06. The van der Waals surface area contributed by atoms with Gasteiger partial charge in [0.15, 0.2) is 5.76 Å². The number of rotatable bonds is 6. The van der Waals surface area contributed by atoms with E-state index >= 15 is 0 Å². The molecular formula is C22H21NO5S. The second-order valence-corrected chi connectivity index (χ2v) is 7.83. The van der Waals surface area contributed by atoms with Crippen molar-refractivity contribution in [3.05, 3.63) is 70.0 Å². The van der Waals surface area contributed by atoms with E-state index in [4.69, 9.17) is 13.9 Å². The number of furan rings is 1. The molecule has 0 fully saturated rings. The van der Waals surface area contributed by atoms with Gasteiger partial charge in [-0.25, -0.2) is 4.79 Å². The molecule has 0 spiro atoms. The van der Waals surface area contributed by atoms with Gasteiger partial charge < -0.3 is 19.2 Å². The minimum Gasteiger partial charge on any atom is -0.486 e. The Labute approximate surface area is 172 Å². The molecular weight excluding hydrogens is 390 g/mol. The summed E-state index contributed by atoms with van der Waals surface area (Å²) in [5, 5.41) is 3.35. The van der Waals surface area contributed by atoms with Crippen LogP contribution in [0.4, 0.5) is 5.00 Å². The number of carbonyl (C=O) groups is 2. The number of ether oxygens (including phenoxy) is 2. The molecule has 2 aromatic heterocycles. The monoisotopic (exact) mass is 411 g/mol. The number of thiophene rings is 1. The quantitative estimate of drug-likeness (QED) is 0.588. The van der Waals surface area contributed by atoms with Gasteiger partial charge in [0, 0.05) is 4.88 Å². The van der Waals surface area contributed by atoms with Crippen LogP contribution in [-0.4, -0.2) is 19.0 Å². The third-order valence-corrected chi connectivity index (χ3v) is 6.00. The largest absolute Gasteiger partial charge is 0.486 e. The molecule has 7 heteroatoms. The summed E-state index contributed by atoms with van der Waals surface area (Å²) in [5.74, 6) is 0.606. The zero-order valence-electron chi connectivity index (χ0n) is 16.0. The second kappa shape index (κ2) is 8.53. The van der Waals surface area contributed by atoms with Crippen LogP contribution < -0.4 is 10.1 Å². The van der Waals surface area contributed by atoms with E-state index in [0.29, 0.717) is 16.3 Å². The summed E-state index contributed by atoms with van der Waals surface area (Å²) < 4.78 is 16.2. The molecule has 0 saturated heterocycles. The standard InChI is InChI=1S/C22H21NO5S/c1-26-22(25)19-16-9-5-6-10-18(16)29-21(19)23-20(24)17-12-11-15(28-17)13-27-14-7-3-2-4-8-14/h2-4,7-8,11-12H,5-6,9-10,13H2,1H3,(H,23,24).